The number of rotatable bonds is 4. The topological polar surface area (TPSA) is 63.8 Å². The lowest BCUT2D eigenvalue weighted by molar-refractivity contribution is 0.659. The van der Waals surface area contributed by atoms with Crippen LogP contribution in [0.2, 0.25) is 0 Å². The highest BCUT2D eigenvalue weighted by Crippen LogP contribution is 2.28. The Morgan fingerprint density at radius 2 is 2.10 bits per heavy atom. The van der Waals surface area contributed by atoms with Crippen LogP contribution in [0.4, 0.5) is 5.82 Å². The number of fused-ring (bicyclic) bond motifs is 1. The van der Waals surface area contributed by atoms with Crippen molar-refractivity contribution in [2.45, 2.75) is 36.3 Å². The van der Waals surface area contributed by atoms with Crippen molar-refractivity contribution in [3.05, 3.63) is 45.8 Å². The van der Waals surface area contributed by atoms with Crippen LogP contribution in [-0.4, -0.2) is 9.97 Å². The van der Waals surface area contributed by atoms with Crippen molar-refractivity contribution >= 4 is 33.5 Å². The molecule has 0 bridgehead atoms. The van der Waals surface area contributed by atoms with Crippen LogP contribution >= 0.6 is 27.7 Å². The average Bonchev–Trinajstić information content (AvgIpc) is 2.52. The third kappa shape index (κ3) is 3.56. The van der Waals surface area contributed by atoms with Gasteiger partial charge in [0.1, 0.15) is 11.6 Å². The number of thioether (sulfide) groups is 1. The molecule has 0 saturated heterocycles. The van der Waals surface area contributed by atoms with Crippen molar-refractivity contribution in [3.8, 4) is 0 Å². The molecule has 0 aliphatic heterocycles. The number of nitrogens with one attached hydrogen (secondary N) is 1. The summed E-state index contributed by atoms with van der Waals surface area (Å²) in [5, 5.41) is 0. The molecule has 2 aromatic rings. The lowest BCUT2D eigenvalue weighted by atomic mass is 9.96. The summed E-state index contributed by atoms with van der Waals surface area (Å²) >= 11 is 5.22. The number of benzene rings is 1. The fraction of sp³-hybridized carbons (Fsp3) is 0.333. The molecule has 110 valence electrons. The molecule has 21 heavy (non-hydrogen) atoms. The normalized spacial score (nSPS) is 13.8. The van der Waals surface area contributed by atoms with Crippen molar-refractivity contribution in [3.63, 3.8) is 0 Å². The number of halogens is 1. The molecule has 1 heterocycles. The molecule has 0 radical (unpaired) electrons. The number of aromatic nitrogens is 2. The number of hydrogen-bond acceptors (Lipinski definition) is 5. The van der Waals surface area contributed by atoms with Gasteiger partial charge in [0.25, 0.3) is 0 Å². The van der Waals surface area contributed by atoms with Crippen molar-refractivity contribution < 1.29 is 0 Å². The monoisotopic (exact) mass is 364 g/mol. The summed E-state index contributed by atoms with van der Waals surface area (Å²) in [5.74, 6) is 8.00. The van der Waals surface area contributed by atoms with Gasteiger partial charge in [0.05, 0.1) is 5.75 Å². The predicted octanol–water partition coefficient (Wildman–Crippen LogP) is 3.70. The molecular formula is C15H17BrN4S. The van der Waals surface area contributed by atoms with E-state index in [1.807, 2.05) is 12.1 Å². The average molecular weight is 365 g/mol. The molecule has 0 unspecified atom stereocenters. The van der Waals surface area contributed by atoms with Gasteiger partial charge in [-0.05, 0) is 43.9 Å². The maximum atomic E-state index is 5.62. The van der Waals surface area contributed by atoms with Crippen LogP contribution in [0.15, 0.2) is 33.6 Å². The van der Waals surface area contributed by atoms with Crippen molar-refractivity contribution in [1.29, 1.82) is 0 Å². The first-order valence-electron chi connectivity index (χ1n) is 7.00. The van der Waals surface area contributed by atoms with E-state index in [0.29, 0.717) is 0 Å². The summed E-state index contributed by atoms with van der Waals surface area (Å²) < 4.78 is 1.09. The van der Waals surface area contributed by atoms with Crippen LogP contribution in [0.3, 0.4) is 0 Å². The van der Waals surface area contributed by atoms with Gasteiger partial charge in [0, 0.05) is 20.6 Å². The molecule has 0 amide bonds. The Hall–Kier alpha value is -1.11. The van der Waals surface area contributed by atoms with E-state index < -0.39 is 0 Å². The van der Waals surface area contributed by atoms with E-state index in [-0.39, 0.29) is 0 Å². The minimum absolute atomic E-state index is 0.748. The van der Waals surface area contributed by atoms with Crippen LogP contribution in [0.5, 0.6) is 0 Å². The molecular weight excluding hydrogens is 348 g/mol. The number of aryl methyl sites for hydroxylation is 1. The zero-order valence-corrected chi connectivity index (χ0v) is 14.0. The number of hydrogen-bond donors (Lipinski definition) is 2. The molecule has 4 nitrogen and oxygen atoms in total. The molecule has 6 heteroatoms. The molecule has 1 aromatic carbocycles. The van der Waals surface area contributed by atoms with Gasteiger partial charge in [-0.2, -0.15) is 0 Å². The first-order chi connectivity index (χ1) is 10.3. The Balaban J connectivity index is 1.79. The van der Waals surface area contributed by atoms with Gasteiger partial charge >= 0.3 is 0 Å². The lowest BCUT2D eigenvalue weighted by Crippen LogP contribution is -2.17. The van der Waals surface area contributed by atoms with E-state index in [4.69, 9.17) is 10.8 Å². The van der Waals surface area contributed by atoms with E-state index >= 15 is 0 Å². The van der Waals surface area contributed by atoms with E-state index in [2.05, 4.69) is 38.5 Å². The summed E-state index contributed by atoms with van der Waals surface area (Å²) in [6.45, 7) is 0. The van der Waals surface area contributed by atoms with E-state index in [0.717, 1.165) is 40.4 Å². The van der Waals surface area contributed by atoms with Crippen LogP contribution in [0.25, 0.3) is 0 Å². The molecule has 1 aliphatic carbocycles. The molecule has 1 aliphatic rings. The Labute approximate surface area is 137 Å². The van der Waals surface area contributed by atoms with Crippen molar-refractivity contribution in [2.75, 3.05) is 5.43 Å². The SMILES string of the molecule is NNc1nc(CSc2cccc(Br)c2)nc2c1CCCC2. The van der Waals surface area contributed by atoms with Gasteiger partial charge in [-0.1, -0.05) is 22.0 Å². The number of nitrogens with zero attached hydrogens (tertiary/aromatic N) is 2. The van der Waals surface area contributed by atoms with Crippen molar-refractivity contribution in [1.82, 2.24) is 9.97 Å². The van der Waals surface area contributed by atoms with E-state index in [9.17, 15) is 0 Å². The van der Waals surface area contributed by atoms with Gasteiger partial charge in [-0.25, -0.2) is 15.8 Å². The molecule has 3 rings (SSSR count). The summed E-state index contributed by atoms with van der Waals surface area (Å²) in [7, 11) is 0. The fourth-order valence-corrected chi connectivity index (χ4v) is 3.89. The predicted molar refractivity (Wildman–Crippen MR) is 90.2 cm³/mol. The lowest BCUT2D eigenvalue weighted by Gasteiger charge is -2.18. The molecule has 0 fully saturated rings. The molecule has 0 spiro atoms. The first kappa shape index (κ1) is 14.8. The second-order valence-electron chi connectivity index (χ2n) is 5.01. The number of nitrogen functional groups attached to an aromatic ring is 1. The highest BCUT2D eigenvalue weighted by atomic mass is 79.9. The number of nitrogens with two attached hydrogens (primary N) is 1. The highest BCUT2D eigenvalue weighted by Gasteiger charge is 2.17. The Kier molecular flexibility index (Phi) is 4.77. The van der Waals surface area contributed by atoms with Crippen LogP contribution in [0.1, 0.15) is 29.9 Å². The Bertz CT molecular complexity index is 630. The third-order valence-corrected chi connectivity index (χ3v) is 5.01. The largest absolute Gasteiger partial charge is 0.308 e. The molecule has 3 N–H and O–H groups in total. The van der Waals surface area contributed by atoms with Gasteiger partial charge in [-0.3, -0.25) is 0 Å². The first-order valence-corrected chi connectivity index (χ1v) is 8.78. The van der Waals surface area contributed by atoms with Gasteiger partial charge in [-0.15, -0.1) is 11.8 Å². The maximum absolute atomic E-state index is 5.62. The molecule has 0 atom stereocenters. The van der Waals surface area contributed by atoms with Gasteiger partial charge < -0.3 is 5.43 Å². The number of hydrazine groups is 1. The Morgan fingerprint density at radius 3 is 2.90 bits per heavy atom. The smallest absolute Gasteiger partial charge is 0.147 e. The highest BCUT2D eigenvalue weighted by molar-refractivity contribution is 9.10. The summed E-state index contributed by atoms with van der Waals surface area (Å²) in [6.07, 6.45) is 4.44. The maximum Gasteiger partial charge on any atom is 0.147 e. The zero-order valence-electron chi connectivity index (χ0n) is 11.6. The quantitative estimate of drug-likeness (QED) is 0.492. The Morgan fingerprint density at radius 1 is 1.24 bits per heavy atom. The zero-order chi connectivity index (χ0) is 14.7. The van der Waals surface area contributed by atoms with Crippen molar-refractivity contribution in [2.24, 2.45) is 5.84 Å². The second-order valence-corrected chi connectivity index (χ2v) is 6.98. The standard InChI is InChI=1S/C15H17BrN4S/c16-10-4-3-5-11(8-10)21-9-14-18-13-7-2-1-6-12(13)15(19-14)20-17/h3-5,8H,1-2,6-7,9,17H2,(H,18,19,20). The minimum Gasteiger partial charge on any atom is -0.308 e. The van der Waals surface area contributed by atoms with E-state index in [1.165, 1.54) is 23.3 Å². The summed E-state index contributed by atoms with van der Waals surface area (Å²) in [6, 6.07) is 8.25. The second kappa shape index (κ2) is 6.77. The van der Waals surface area contributed by atoms with Gasteiger partial charge in [0.2, 0.25) is 0 Å². The molecule has 0 saturated carbocycles. The van der Waals surface area contributed by atoms with Crippen LogP contribution in [0, 0.1) is 0 Å². The van der Waals surface area contributed by atoms with Crippen LogP contribution in [-0.2, 0) is 18.6 Å². The van der Waals surface area contributed by atoms with Gasteiger partial charge in [0.15, 0.2) is 0 Å². The van der Waals surface area contributed by atoms with Crippen LogP contribution < -0.4 is 11.3 Å². The third-order valence-electron chi connectivity index (χ3n) is 3.53. The van der Waals surface area contributed by atoms with E-state index in [1.54, 1.807) is 11.8 Å². The fourth-order valence-electron chi connectivity index (χ4n) is 2.53. The summed E-state index contributed by atoms with van der Waals surface area (Å²) in [5.41, 5.74) is 5.09. The summed E-state index contributed by atoms with van der Waals surface area (Å²) in [4.78, 5) is 10.5. The molecule has 1 aromatic heterocycles. The minimum atomic E-state index is 0.748. The number of anilines is 1.